The lowest BCUT2D eigenvalue weighted by atomic mass is 10.2. The van der Waals surface area contributed by atoms with Crippen molar-refractivity contribution in [3.05, 3.63) is 23.9 Å². The zero-order chi connectivity index (χ0) is 18.9. The second-order valence-electron chi connectivity index (χ2n) is 7.43. The molecule has 1 aromatic heterocycles. The molecule has 0 atom stereocenters. The zero-order valence-electron chi connectivity index (χ0n) is 16.5. The number of urea groups is 1. The Morgan fingerprint density at radius 2 is 2.04 bits per heavy atom. The van der Waals surface area contributed by atoms with Crippen LogP contribution in [0.5, 0.6) is 0 Å². The SMILES string of the molecule is CCN1CCN(c2ccc(CNC(=O)NCCCOCC3CC3)cn2)CC1. The van der Waals surface area contributed by atoms with E-state index in [9.17, 15) is 4.79 Å². The molecule has 2 heterocycles. The molecule has 2 fully saturated rings. The Balaban J connectivity index is 1.28. The van der Waals surface area contributed by atoms with Crippen molar-refractivity contribution in [1.82, 2.24) is 20.5 Å². The average molecular weight is 376 g/mol. The highest BCUT2D eigenvalue weighted by Gasteiger charge is 2.20. The van der Waals surface area contributed by atoms with Crippen LogP contribution in [0, 0.1) is 5.92 Å². The molecule has 1 aliphatic heterocycles. The number of anilines is 1. The fourth-order valence-electron chi connectivity index (χ4n) is 3.16. The van der Waals surface area contributed by atoms with Crippen LogP contribution in [0.15, 0.2) is 18.3 Å². The Bertz CT molecular complexity index is 568. The number of nitrogens with zero attached hydrogens (tertiary/aromatic N) is 3. The Morgan fingerprint density at radius 1 is 1.22 bits per heavy atom. The van der Waals surface area contributed by atoms with Gasteiger partial charge in [0, 0.05) is 58.7 Å². The van der Waals surface area contributed by atoms with Crippen molar-refractivity contribution < 1.29 is 9.53 Å². The van der Waals surface area contributed by atoms with Crippen LogP contribution in [0.2, 0.25) is 0 Å². The average Bonchev–Trinajstić information content (AvgIpc) is 3.54. The van der Waals surface area contributed by atoms with Crippen LogP contribution in [0.1, 0.15) is 31.7 Å². The van der Waals surface area contributed by atoms with Gasteiger partial charge < -0.3 is 25.2 Å². The molecule has 2 N–H and O–H groups in total. The van der Waals surface area contributed by atoms with Gasteiger partial charge in [-0.05, 0) is 43.4 Å². The Hall–Kier alpha value is -1.86. The maximum atomic E-state index is 11.8. The van der Waals surface area contributed by atoms with Gasteiger partial charge in [-0.1, -0.05) is 13.0 Å². The number of ether oxygens (including phenoxy) is 1. The number of nitrogens with one attached hydrogen (secondary N) is 2. The zero-order valence-corrected chi connectivity index (χ0v) is 16.5. The number of piperazine rings is 1. The minimum Gasteiger partial charge on any atom is -0.381 e. The molecule has 3 rings (SSSR count). The summed E-state index contributed by atoms with van der Waals surface area (Å²) in [6, 6.07) is 3.95. The number of carbonyl (C=O) groups excluding carboxylic acids is 1. The number of aromatic nitrogens is 1. The predicted molar refractivity (Wildman–Crippen MR) is 107 cm³/mol. The Kier molecular flexibility index (Phi) is 7.71. The second kappa shape index (κ2) is 10.5. The standard InChI is InChI=1S/C20H33N5O2/c1-2-24-9-11-25(12-10-24)19-7-6-18(14-22-19)15-23-20(26)21-8-3-13-27-16-17-4-5-17/h6-7,14,17H,2-5,8-13,15-16H2,1H3,(H2,21,23,26). The van der Waals surface area contributed by atoms with Gasteiger partial charge in [-0.25, -0.2) is 9.78 Å². The fraction of sp³-hybridized carbons (Fsp3) is 0.700. The number of amides is 2. The van der Waals surface area contributed by atoms with E-state index in [2.05, 4.69) is 32.3 Å². The van der Waals surface area contributed by atoms with Crippen molar-refractivity contribution >= 4 is 11.8 Å². The van der Waals surface area contributed by atoms with Crippen LogP contribution in [-0.4, -0.2) is 68.4 Å². The van der Waals surface area contributed by atoms with E-state index in [0.29, 0.717) is 19.7 Å². The third-order valence-corrected chi connectivity index (χ3v) is 5.21. The lowest BCUT2D eigenvalue weighted by Crippen LogP contribution is -2.46. The van der Waals surface area contributed by atoms with E-state index in [1.54, 1.807) is 0 Å². The van der Waals surface area contributed by atoms with Crippen molar-refractivity contribution in [2.75, 3.05) is 57.4 Å². The third kappa shape index (κ3) is 6.99. The van der Waals surface area contributed by atoms with Gasteiger partial charge in [0.2, 0.25) is 0 Å². The van der Waals surface area contributed by atoms with Gasteiger partial charge in [-0.2, -0.15) is 0 Å². The molecule has 150 valence electrons. The molecular formula is C20H33N5O2. The van der Waals surface area contributed by atoms with Crippen LogP contribution in [0.4, 0.5) is 10.6 Å². The maximum absolute atomic E-state index is 11.8. The fourth-order valence-corrected chi connectivity index (χ4v) is 3.16. The summed E-state index contributed by atoms with van der Waals surface area (Å²) in [6.45, 7) is 10.3. The lowest BCUT2D eigenvalue weighted by Gasteiger charge is -2.34. The number of hydrogen-bond acceptors (Lipinski definition) is 5. The van der Waals surface area contributed by atoms with Gasteiger partial charge in [-0.15, -0.1) is 0 Å². The van der Waals surface area contributed by atoms with Crippen molar-refractivity contribution in [3.63, 3.8) is 0 Å². The first-order valence-electron chi connectivity index (χ1n) is 10.3. The number of hydrogen-bond donors (Lipinski definition) is 2. The Labute approximate surface area is 162 Å². The van der Waals surface area contributed by atoms with E-state index >= 15 is 0 Å². The van der Waals surface area contributed by atoms with E-state index in [1.165, 1.54) is 12.8 Å². The highest BCUT2D eigenvalue weighted by Crippen LogP contribution is 2.28. The first-order chi connectivity index (χ1) is 13.2. The Morgan fingerprint density at radius 3 is 2.70 bits per heavy atom. The molecule has 27 heavy (non-hydrogen) atoms. The van der Waals surface area contributed by atoms with Crippen LogP contribution < -0.4 is 15.5 Å². The molecule has 1 aliphatic carbocycles. The first-order valence-corrected chi connectivity index (χ1v) is 10.3. The summed E-state index contributed by atoms with van der Waals surface area (Å²) < 4.78 is 5.56. The molecule has 0 radical (unpaired) electrons. The lowest BCUT2D eigenvalue weighted by molar-refractivity contribution is 0.122. The summed E-state index contributed by atoms with van der Waals surface area (Å²) in [7, 11) is 0. The van der Waals surface area contributed by atoms with Crippen molar-refractivity contribution in [3.8, 4) is 0 Å². The second-order valence-corrected chi connectivity index (χ2v) is 7.43. The number of rotatable bonds is 10. The summed E-state index contributed by atoms with van der Waals surface area (Å²) in [6.07, 6.45) is 5.33. The quantitative estimate of drug-likeness (QED) is 0.611. The largest absolute Gasteiger partial charge is 0.381 e. The van der Waals surface area contributed by atoms with Gasteiger partial charge in [0.1, 0.15) is 5.82 Å². The molecule has 1 saturated carbocycles. The minimum atomic E-state index is -0.142. The summed E-state index contributed by atoms with van der Waals surface area (Å²) in [5.41, 5.74) is 1.01. The van der Waals surface area contributed by atoms with Crippen molar-refractivity contribution in [2.24, 2.45) is 5.92 Å². The normalized spacial score (nSPS) is 17.7. The van der Waals surface area contributed by atoms with Crippen LogP contribution in [0.3, 0.4) is 0 Å². The van der Waals surface area contributed by atoms with Gasteiger partial charge in [0.15, 0.2) is 0 Å². The predicted octanol–water partition coefficient (Wildman–Crippen LogP) is 1.84. The molecule has 7 heteroatoms. The van der Waals surface area contributed by atoms with Crippen LogP contribution in [-0.2, 0) is 11.3 Å². The molecule has 1 saturated heterocycles. The van der Waals surface area contributed by atoms with Gasteiger partial charge >= 0.3 is 6.03 Å². The molecule has 0 bridgehead atoms. The smallest absolute Gasteiger partial charge is 0.315 e. The van der Waals surface area contributed by atoms with Gasteiger partial charge in [0.25, 0.3) is 0 Å². The highest BCUT2D eigenvalue weighted by molar-refractivity contribution is 5.73. The maximum Gasteiger partial charge on any atom is 0.315 e. The van der Waals surface area contributed by atoms with E-state index in [4.69, 9.17) is 4.74 Å². The molecule has 2 amide bonds. The first kappa shape index (κ1) is 19.9. The number of carbonyl (C=O) groups is 1. The molecular weight excluding hydrogens is 342 g/mol. The van der Waals surface area contributed by atoms with Crippen LogP contribution in [0.25, 0.3) is 0 Å². The molecule has 1 aromatic rings. The monoisotopic (exact) mass is 375 g/mol. The van der Waals surface area contributed by atoms with Crippen molar-refractivity contribution in [1.29, 1.82) is 0 Å². The molecule has 0 spiro atoms. The van der Waals surface area contributed by atoms with Gasteiger partial charge in [0.05, 0.1) is 0 Å². The number of pyridine rings is 1. The summed E-state index contributed by atoms with van der Waals surface area (Å²) in [5.74, 6) is 1.81. The van der Waals surface area contributed by atoms with E-state index in [1.807, 2.05) is 18.3 Å². The molecule has 2 aliphatic rings. The minimum absolute atomic E-state index is 0.142. The summed E-state index contributed by atoms with van der Waals surface area (Å²) >= 11 is 0. The summed E-state index contributed by atoms with van der Waals surface area (Å²) in [5, 5.41) is 5.75. The summed E-state index contributed by atoms with van der Waals surface area (Å²) in [4.78, 5) is 21.2. The molecule has 7 nitrogen and oxygen atoms in total. The van der Waals surface area contributed by atoms with Crippen LogP contribution >= 0.6 is 0 Å². The van der Waals surface area contributed by atoms with Gasteiger partial charge in [-0.3, -0.25) is 0 Å². The van der Waals surface area contributed by atoms with Crippen molar-refractivity contribution in [2.45, 2.75) is 32.7 Å². The molecule has 0 aromatic carbocycles. The topological polar surface area (TPSA) is 69.7 Å². The van der Waals surface area contributed by atoms with E-state index in [-0.39, 0.29) is 6.03 Å². The highest BCUT2D eigenvalue weighted by atomic mass is 16.5. The molecule has 0 unspecified atom stereocenters. The number of likely N-dealkylation sites (N-methyl/N-ethyl adjacent to an activating group) is 1. The third-order valence-electron chi connectivity index (χ3n) is 5.21. The van der Waals surface area contributed by atoms with E-state index < -0.39 is 0 Å². The van der Waals surface area contributed by atoms with E-state index in [0.717, 1.165) is 63.1 Å².